The standard InChI is InChI=1S/C19H20FN3/c20-18-9-7-17(8-10-18)5-2-4-12-22-13-15-23(16-14-22)19-6-1-3-11-21-19/h1,3,6-11H,4,12-16H2. The van der Waals surface area contributed by atoms with Crippen LogP contribution in [0.2, 0.25) is 0 Å². The molecule has 1 aliphatic rings. The van der Waals surface area contributed by atoms with Gasteiger partial charge in [0.2, 0.25) is 0 Å². The number of anilines is 1. The quantitative estimate of drug-likeness (QED) is 0.813. The Kier molecular flexibility index (Phi) is 5.23. The zero-order chi connectivity index (χ0) is 15.9. The molecule has 0 atom stereocenters. The Labute approximate surface area is 136 Å². The lowest BCUT2D eigenvalue weighted by Crippen LogP contribution is -2.46. The Hall–Kier alpha value is -2.38. The van der Waals surface area contributed by atoms with E-state index in [0.717, 1.165) is 50.5 Å². The third-order valence-electron chi connectivity index (χ3n) is 3.98. The van der Waals surface area contributed by atoms with Gasteiger partial charge in [-0.25, -0.2) is 9.37 Å². The molecule has 0 aliphatic carbocycles. The maximum absolute atomic E-state index is 12.8. The summed E-state index contributed by atoms with van der Waals surface area (Å²) in [5.74, 6) is 7.09. The Bertz CT molecular complexity index is 665. The van der Waals surface area contributed by atoms with Crippen molar-refractivity contribution in [3.8, 4) is 11.8 Å². The topological polar surface area (TPSA) is 19.4 Å². The summed E-state index contributed by atoms with van der Waals surface area (Å²) in [6, 6.07) is 12.4. The lowest BCUT2D eigenvalue weighted by molar-refractivity contribution is 0.263. The maximum Gasteiger partial charge on any atom is 0.128 e. The highest BCUT2D eigenvalue weighted by molar-refractivity contribution is 5.38. The molecule has 1 aromatic carbocycles. The van der Waals surface area contributed by atoms with Gasteiger partial charge >= 0.3 is 0 Å². The van der Waals surface area contributed by atoms with Gasteiger partial charge in [-0.3, -0.25) is 4.90 Å². The number of nitrogens with zero attached hydrogens (tertiary/aromatic N) is 3. The van der Waals surface area contributed by atoms with Gasteiger partial charge in [0.05, 0.1) is 0 Å². The van der Waals surface area contributed by atoms with Crippen LogP contribution in [-0.4, -0.2) is 42.6 Å². The molecule has 1 aromatic heterocycles. The van der Waals surface area contributed by atoms with Crippen molar-refractivity contribution in [2.75, 3.05) is 37.6 Å². The average molecular weight is 309 g/mol. The molecule has 0 amide bonds. The van der Waals surface area contributed by atoms with Crippen LogP contribution in [0.1, 0.15) is 12.0 Å². The van der Waals surface area contributed by atoms with Gasteiger partial charge in [0, 0.05) is 50.9 Å². The number of pyridine rings is 1. The monoisotopic (exact) mass is 309 g/mol. The molecule has 0 radical (unpaired) electrons. The van der Waals surface area contributed by atoms with E-state index in [0.29, 0.717) is 0 Å². The summed E-state index contributed by atoms with van der Waals surface area (Å²) in [5, 5.41) is 0. The number of hydrogen-bond donors (Lipinski definition) is 0. The summed E-state index contributed by atoms with van der Waals surface area (Å²) in [6.07, 6.45) is 2.67. The molecule has 4 heteroatoms. The first-order chi connectivity index (χ1) is 11.3. The van der Waals surface area contributed by atoms with E-state index in [1.807, 2.05) is 18.3 Å². The number of hydrogen-bond acceptors (Lipinski definition) is 3. The van der Waals surface area contributed by atoms with Crippen molar-refractivity contribution in [3.63, 3.8) is 0 Å². The van der Waals surface area contributed by atoms with Crippen LogP contribution < -0.4 is 4.90 Å². The van der Waals surface area contributed by atoms with Gasteiger partial charge in [0.1, 0.15) is 11.6 Å². The highest BCUT2D eigenvalue weighted by Crippen LogP contribution is 2.12. The van der Waals surface area contributed by atoms with Crippen LogP contribution in [0.25, 0.3) is 0 Å². The number of halogens is 1. The second-order valence-corrected chi connectivity index (χ2v) is 5.58. The molecule has 0 spiro atoms. The minimum absolute atomic E-state index is 0.221. The van der Waals surface area contributed by atoms with Gasteiger partial charge in [-0.05, 0) is 36.4 Å². The van der Waals surface area contributed by atoms with Gasteiger partial charge in [-0.1, -0.05) is 17.9 Å². The molecule has 1 aliphatic heterocycles. The Morgan fingerprint density at radius 2 is 1.78 bits per heavy atom. The first-order valence-corrected chi connectivity index (χ1v) is 7.94. The zero-order valence-corrected chi connectivity index (χ0v) is 13.1. The Morgan fingerprint density at radius 3 is 2.48 bits per heavy atom. The zero-order valence-electron chi connectivity index (χ0n) is 13.1. The SMILES string of the molecule is Fc1ccc(C#CCCN2CCN(c3ccccn3)CC2)cc1. The van der Waals surface area contributed by atoms with E-state index >= 15 is 0 Å². The second-order valence-electron chi connectivity index (χ2n) is 5.58. The minimum atomic E-state index is -0.221. The predicted molar refractivity (Wildman–Crippen MR) is 90.8 cm³/mol. The summed E-state index contributed by atoms with van der Waals surface area (Å²) in [7, 11) is 0. The molecule has 0 saturated carbocycles. The van der Waals surface area contributed by atoms with Gasteiger partial charge in [0.15, 0.2) is 0 Å². The highest BCUT2D eigenvalue weighted by atomic mass is 19.1. The number of piperazine rings is 1. The Balaban J connectivity index is 1.42. The molecule has 0 unspecified atom stereocenters. The van der Waals surface area contributed by atoms with Crippen molar-refractivity contribution >= 4 is 5.82 Å². The third-order valence-corrected chi connectivity index (χ3v) is 3.98. The largest absolute Gasteiger partial charge is 0.354 e. The van der Waals surface area contributed by atoms with Crippen molar-refractivity contribution < 1.29 is 4.39 Å². The van der Waals surface area contributed by atoms with Gasteiger partial charge < -0.3 is 4.90 Å². The van der Waals surface area contributed by atoms with Crippen molar-refractivity contribution in [1.29, 1.82) is 0 Å². The first-order valence-electron chi connectivity index (χ1n) is 7.94. The smallest absolute Gasteiger partial charge is 0.128 e. The fraction of sp³-hybridized carbons (Fsp3) is 0.316. The summed E-state index contributed by atoms with van der Waals surface area (Å²) in [4.78, 5) is 9.15. The van der Waals surface area contributed by atoms with E-state index < -0.39 is 0 Å². The summed E-state index contributed by atoms with van der Waals surface area (Å²) in [5.41, 5.74) is 0.867. The summed E-state index contributed by atoms with van der Waals surface area (Å²) in [6.45, 7) is 5.05. The minimum Gasteiger partial charge on any atom is -0.354 e. The number of rotatable bonds is 3. The molecule has 2 heterocycles. The highest BCUT2D eigenvalue weighted by Gasteiger charge is 2.16. The third kappa shape index (κ3) is 4.54. The van der Waals surface area contributed by atoms with Crippen LogP contribution in [0.15, 0.2) is 48.7 Å². The summed E-state index contributed by atoms with van der Waals surface area (Å²) < 4.78 is 12.8. The van der Waals surface area contributed by atoms with E-state index in [1.165, 1.54) is 12.1 Å². The van der Waals surface area contributed by atoms with E-state index in [9.17, 15) is 4.39 Å². The lowest BCUT2D eigenvalue weighted by atomic mass is 10.2. The molecule has 23 heavy (non-hydrogen) atoms. The van der Waals surface area contributed by atoms with E-state index in [2.05, 4.69) is 32.7 Å². The molecular formula is C19H20FN3. The molecule has 0 bridgehead atoms. The van der Waals surface area contributed by atoms with Gasteiger partial charge in [0.25, 0.3) is 0 Å². The van der Waals surface area contributed by atoms with E-state index in [1.54, 1.807) is 12.1 Å². The van der Waals surface area contributed by atoms with Gasteiger partial charge in [-0.2, -0.15) is 0 Å². The van der Waals surface area contributed by atoms with Crippen molar-refractivity contribution in [2.45, 2.75) is 6.42 Å². The van der Waals surface area contributed by atoms with Crippen molar-refractivity contribution in [3.05, 3.63) is 60.0 Å². The molecule has 0 N–H and O–H groups in total. The lowest BCUT2D eigenvalue weighted by Gasteiger charge is -2.35. The normalized spacial score (nSPS) is 15.1. The number of benzene rings is 1. The molecule has 1 saturated heterocycles. The Morgan fingerprint density at radius 1 is 1.00 bits per heavy atom. The molecule has 1 fully saturated rings. The predicted octanol–water partition coefficient (Wildman–Crippen LogP) is 2.78. The first kappa shape index (κ1) is 15.5. The van der Waals surface area contributed by atoms with Crippen molar-refractivity contribution in [2.24, 2.45) is 0 Å². The summed E-state index contributed by atoms with van der Waals surface area (Å²) >= 11 is 0. The molecular weight excluding hydrogens is 289 g/mol. The fourth-order valence-electron chi connectivity index (χ4n) is 2.65. The van der Waals surface area contributed by atoms with E-state index in [4.69, 9.17) is 0 Å². The van der Waals surface area contributed by atoms with Crippen LogP contribution in [-0.2, 0) is 0 Å². The van der Waals surface area contributed by atoms with Crippen LogP contribution in [0, 0.1) is 17.7 Å². The average Bonchev–Trinajstić information content (AvgIpc) is 2.62. The number of aromatic nitrogens is 1. The van der Waals surface area contributed by atoms with Crippen LogP contribution >= 0.6 is 0 Å². The van der Waals surface area contributed by atoms with Crippen LogP contribution in [0.3, 0.4) is 0 Å². The van der Waals surface area contributed by atoms with E-state index in [-0.39, 0.29) is 5.82 Å². The molecule has 2 aromatic rings. The van der Waals surface area contributed by atoms with Gasteiger partial charge in [-0.15, -0.1) is 0 Å². The molecule has 3 nitrogen and oxygen atoms in total. The second kappa shape index (κ2) is 7.75. The van der Waals surface area contributed by atoms with Crippen LogP contribution in [0.4, 0.5) is 10.2 Å². The fourth-order valence-corrected chi connectivity index (χ4v) is 2.65. The maximum atomic E-state index is 12.8. The van der Waals surface area contributed by atoms with Crippen molar-refractivity contribution in [1.82, 2.24) is 9.88 Å². The molecule has 118 valence electrons. The van der Waals surface area contributed by atoms with Crippen LogP contribution in [0.5, 0.6) is 0 Å². The molecule has 3 rings (SSSR count).